The zero-order valence-electron chi connectivity index (χ0n) is 10.0. The third kappa shape index (κ3) is 2.72. The zero-order chi connectivity index (χ0) is 12.3. The van der Waals surface area contributed by atoms with Gasteiger partial charge in [0.2, 0.25) is 0 Å². The predicted octanol–water partition coefficient (Wildman–Crippen LogP) is 0.967. The molecule has 0 fully saturated rings. The Balaban J connectivity index is 2.09. The normalized spacial score (nSPS) is 10.5. The molecule has 6 heteroatoms. The smallest absolute Gasteiger partial charge is 0.132 e. The summed E-state index contributed by atoms with van der Waals surface area (Å²) in [5, 5.41) is 7.31. The molecule has 6 nitrogen and oxygen atoms in total. The summed E-state index contributed by atoms with van der Waals surface area (Å²) < 4.78 is 1.82. The van der Waals surface area contributed by atoms with Crippen molar-refractivity contribution in [1.29, 1.82) is 0 Å². The Labute approximate surface area is 99.9 Å². The average molecular weight is 232 g/mol. The van der Waals surface area contributed by atoms with Crippen molar-refractivity contribution in [2.75, 3.05) is 11.1 Å². The SMILES string of the molecule is CCc1nc(N)cc(NCc2ccnn2C)n1. The summed E-state index contributed by atoms with van der Waals surface area (Å²) in [6, 6.07) is 3.69. The van der Waals surface area contributed by atoms with Crippen molar-refractivity contribution in [2.24, 2.45) is 7.05 Å². The fourth-order valence-corrected chi connectivity index (χ4v) is 1.52. The number of aromatic nitrogens is 4. The second kappa shape index (κ2) is 4.82. The number of anilines is 2. The largest absolute Gasteiger partial charge is 0.384 e. The molecule has 0 saturated heterocycles. The van der Waals surface area contributed by atoms with Crippen molar-refractivity contribution in [3.63, 3.8) is 0 Å². The monoisotopic (exact) mass is 232 g/mol. The maximum absolute atomic E-state index is 5.71. The Bertz CT molecular complexity index is 504. The van der Waals surface area contributed by atoms with E-state index in [1.807, 2.05) is 24.7 Å². The quantitative estimate of drug-likeness (QED) is 0.820. The van der Waals surface area contributed by atoms with Gasteiger partial charge in [0.05, 0.1) is 12.2 Å². The van der Waals surface area contributed by atoms with Crippen LogP contribution in [0.15, 0.2) is 18.3 Å². The van der Waals surface area contributed by atoms with Crippen LogP contribution in [0.25, 0.3) is 0 Å². The summed E-state index contributed by atoms with van der Waals surface area (Å²) in [5.41, 5.74) is 6.79. The van der Waals surface area contributed by atoms with Crippen molar-refractivity contribution >= 4 is 11.6 Å². The van der Waals surface area contributed by atoms with Gasteiger partial charge in [0.1, 0.15) is 17.5 Å². The minimum Gasteiger partial charge on any atom is -0.384 e. The standard InChI is InChI=1S/C11H16N6/c1-3-10-15-9(12)6-11(16-10)13-7-8-4-5-14-17(8)2/h4-6H,3,7H2,1-2H3,(H3,12,13,15,16). The molecule has 0 aliphatic heterocycles. The van der Waals surface area contributed by atoms with E-state index >= 15 is 0 Å². The third-order valence-electron chi connectivity index (χ3n) is 2.48. The second-order valence-corrected chi connectivity index (χ2v) is 3.75. The Kier molecular flexibility index (Phi) is 3.22. The number of aryl methyl sites for hydroxylation is 2. The van der Waals surface area contributed by atoms with Crippen molar-refractivity contribution in [3.05, 3.63) is 29.8 Å². The van der Waals surface area contributed by atoms with E-state index < -0.39 is 0 Å². The third-order valence-corrected chi connectivity index (χ3v) is 2.48. The van der Waals surface area contributed by atoms with Gasteiger partial charge >= 0.3 is 0 Å². The fourth-order valence-electron chi connectivity index (χ4n) is 1.52. The Morgan fingerprint density at radius 3 is 2.88 bits per heavy atom. The highest BCUT2D eigenvalue weighted by atomic mass is 15.3. The lowest BCUT2D eigenvalue weighted by molar-refractivity contribution is 0.719. The van der Waals surface area contributed by atoms with E-state index in [0.717, 1.165) is 23.8 Å². The van der Waals surface area contributed by atoms with Crippen LogP contribution in [-0.4, -0.2) is 19.7 Å². The molecule has 2 heterocycles. The number of hydrogen-bond donors (Lipinski definition) is 2. The molecule has 0 aliphatic rings. The molecule has 0 atom stereocenters. The molecule has 0 saturated carbocycles. The Morgan fingerprint density at radius 1 is 1.41 bits per heavy atom. The average Bonchev–Trinajstić information content (AvgIpc) is 2.71. The van der Waals surface area contributed by atoms with Crippen LogP contribution < -0.4 is 11.1 Å². The summed E-state index contributed by atoms with van der Waals surface area (Å²) in [6.07, 6.45) is 2.54. The van der Waals surface area contributed by atoms with Gasteiger partial charge in [-0.25, -0.2) is 9.97 Å². The Hall–Kier alpha value is -2.11. The van der Waals surface area contributed by atoms with Crippen LogP contribution in [0.5, 0.6) is 0 Å². The maximum Gasteiger partial charge on any atom is 0.132 e. The molecule has 90 valence electrons. The first-order valence-electron chi connectivity index (χ1n) is 5.53. The van der Waals surface area contributed by atoms with Crippen LogP contribution in [0.4, 0.5) is 11.6 Å². The molecule has 0 radical (unpaired) electrons. The van der Waals surface area contributed by atoms with Gasteiger partial charge in [-0.1, -0.05) is 6.92 Å². The van der Waals surface area contributed by atoms with Crippen LogP contribution in [-0.2, 0) is 20.0 Å². The molecule has 0 amide bonds. The van der Waals surface area contributed by atoms with Crippen molar-refractivity contribution in [2.45, 2.75) is 19.9 Å². The van der Waals surface area contributed by atoms with E-state index in [9.17, 15) is 0 Å². The topological polar surface area (TPSA) is 81.6 Å². The van der Waals surface area contributed by atoms with E-state index in [4.69, 9.17) is 5.73 Å². The highest BCUT2D eigenvalue weighted by Gasteiger charge is 2.02. The fraction of sp³-hybridized carbons (Fsp3) is 0.364. The molecule has 0 aromatic carbocycles. The van der Waals surface area contributed by atoms with Gasteiger partial charge in [-0.05, 0) is 6.07 Å². The number of nitrogens with two attached hydrogens (primary N) is 1. The molecule has 17 heavy (non-hydrogen) atoms. The van der Waals surface area contributed by atoms with E-state index in [1.54, 1.807) is 12.3 Å². The second-order valence-electron chi connectivity index (χ2n) is 3.75. The summed E-state index contributed by atoms with van der Waals surface area (Å²) in [5.74, 6) is 1.98. The van der Waals surface area contributed by atoms with Crippen LogP contribution in [0.1, 0.15) is 18.4 Å². The number of nitrogens with one attached hydrogen (secondary N) is 1. The molecular formula is C11H16N6. The highest BCUT2D eigenvalue weighted by molar-refractivity contribution is 5.44. The molecule has 0 bridgehead atoms. The minimum atomic E-state index is 0.490. The van der Waals surface area contributed by atoms with Crippen molar-refractivity contribution in [3.8, 4) is 0 Å². The lowest BCUT2D eigenvalue weighted by Gasteiger charge is -2.07. The molecular weight excluding hydrogens is 216 g/mol. The summed E-state index contributed by atoms with van der Waals surface area (Å²) in [4.78, 5) is 8.47. The van der Waals surface area contributed by atoms with E-state index in [-0.39, 0.29) is 0 Å². The first kappa shape index (κ1) is 11.4. The van der Waals surface area contributed by atoms with Gasteiger partial charge in [-0.15, -0.1) is 0 Å². The lowest BCUT2D eigenvalue weighted by Crippen LogP contribution is -2.08. The zero-order valence-corrected chi connectivity index (χ0v) is 10.0. The van der Waals surface area contributed by atoms with Crippen molar-refractivity contribution < 1.29 is 0 Å². The number of hydrogen-bond acceptors (Lipinski definition) is 5. The number of nitrogens with zero attached hydrogens (tertiary/aromatic N) is 4. The van der Waals surface area contributed by atoms with E-state index in [1.165, 1.54) is 0 Å². The Morgan fingerprint density at radius 2 is 2.24 bits per heavy atom. The highest BCUT2D eigenvalue weighted by Crippen LogP contribution is 2.10. The summed E-state index contributed by atoms with van der Waals surface area (Å²) in [6.45, 7) is 2.66. The number of nitrogen functional groups attached to an aromatic ring is 1. The first-order chi connectivity index (χ1) is 8.19. The molecule has 0 spiro atoms. The molecule has 2 rings (SSSR count). The molecule has 2 aromatic heterocycles. The molecule has 2 aromatic rings. The van der Waals surface area contributed by atoms with Gasteiger partial charge in [0.25, 0.3) is 0 Å². The van der Waals surface area contributed by atoms with Crippen molar-refractivity contribution in [1.82, 2.24) is 19.7 Å². The van der Waals surface area contributed by atoms with E-state index in [2.05, 4.69) is 20.4 Å². The van der Waals surface area contributed by atoms with Crippen LogP contribution in [0.3, 0.4) is 0 Å². The predicted molar refractivity (Wildman–Crippen MR) is 66.4 cm³/mol. The minimum absolute atomic E-state index is 0.490. The first-order valence-corrected chi connectivity index (χ1v) is 5.53. The lowest BCUT2D eigenvalue weighted by atomic mass is 10.4. The van der Waals surface area contributed by atoms with Gasteiger partial charge < -0.3 is 11.1 Å². The molecule has 0 unspecified atom stereocenters. The molecule has 3 N–H and O–H groups in total. The van der Waals surface area contributed by atoms with Crippen LogP contribution in [0, 0.1) is 0 Å². The summed E-state index contributed by atoms with van der Waals surface area (Å²) >= 11 is 0. The van der Waals surface area contributed by atoms with E-state index in [0.29, 0.717) is 12.4 Å². The summed E-state index contributed by atoms with van der Waals surface area (Å²) in [7, 11) is 1.91. The van der Waals surface area contributed by atoms with Gasteiger partial charge in [0, 0.05) is 25.7 Å². The van der Waals surface area contributed by atoms with Gasteiger partial charge in [0.15, 0.2) is 0 Å². The van der Waals surface area contributed by atoms with Crippen LogP contribution >= 0.6 is 0 Å². The van der Waals surface area contributed by atoms with Gasteiger partial charge in [-0.3, -0.25) is 4.68 Å². The molecule has 0 aliphatic carbocycles. The number of rotatable bonds is 4. The van der Waals surface area contributed by atoms with Gasteiger partial charge in [-0.2, -0.15) is 5.10 Å². The van der Waals surface area contributed by atoms with Crippen LogP contribution in [0.2, 0.25) is 0 Å². The maximum atomic E-state index is 5.71.